The SMILES string of the molecule is C#C[C@@H](N)c1cccc(Br)c1F.Cl. The van der Waals surface area contributed by atoms with E-state index in [1.54, 1.807) is 18.2 Å². The van der Waals surface area contributed by atoms with Crippen LogP contribution in [0.2, 0.25) is 0 Å². The molecule has 13 heavy (non-hydrogen) atoms. The molecule has 0 aliphatic carbocycles. The van der Waals surface area contributed by atoms with Crippen LogP contribution in [0.4, 0.5) is 4.39 Å². The molecule has 0 aromatic heterocycles. The summed E-state index contributed by atoms with van der Waals surface area (Å²) in [5.41, 5.74) is 5.81. The molecule has 2 N–H and O–H groups in total. The maximum Gasteiger partial charge on any atom is 0.143 e. The standard InChI is InChI=1S/C9H7BrFN.ClH/c1-2-8(12)6-4-3-5-7(10)9(6)11;/h1,3-5,8H,12H2;1H/t8-;/m1./s1. The van der Waals surface area contributed by atoms with Gasteiger partial charge < -0.3 is 5.73 Å². The molecule has 4 heteroatoms. The first-order valence-corrected chi connectivity index (χ1v) is 4.11. The summed E-state index contributed by atoms with van der Waals surface area (Å²) in [6, 6.07) is 4.19. The first-order valence-electron chi connectivity index (χ1n) is 3.32. The predicted molar refractivity (Wildman–Crippen MR) is 57.1 cm³/mol. The van der Waals surface area contributed by atoms with Gasteiger partial charge in [0.25, 0.3) is 0 Å². The molecule has 1 nitrogen and oxygen atoms in total. The topological polar surface area (TPSA) is 26.0 Å². The summed E-state index contributed by atoms with van der Waals surface area (Å²) < 4.78 is 13.6. The van der Waals surface area contributed by atoms with Gasteiger partial charge in [0.05, 0.1) is 10.5 Å². The average molecular weight is 265 g/mol. The highest BCUT2D eigenvalue weighted by Crippen LogP contribution is 2.21. The lowest BCUT2D eigenvalue weighted by Gasteiger charge is -2.06. The second-order valence-electron chi connectivity index (χ2n) is 2.29. The number of rotatable bonds is 1. The molecular formula is C9H8BrClFN. The summed E-state index contributed by atoms with van der Waals surface area (Å²) in [7, 11) is 0. The van der Waals surface area contributed by atoms with Crippen LogP contribution in [0.25, 0.3) is 0 Å². The molecule has 1 rings (SSSR count). The number of hydrogen-bond acceptors (Lipinski definition) is 1. The van der Waals surface area contributed by atoms with Crippen LogP contribution in [-0.2, 0) is 0 Å². The van der Waals surface area contributed by atoms with Gasteiger partial charge >= 0.3 is 0 Å². The Morgan fingerprint density at radius 3 is 2.69 bits per heavy atom. The Kier molecular flexibility index (Phi) is 5.01. The molecule has 0 fully saturated rings. The van der Waals surface area contributed by atoms with E-state index < -0.39 is 6.04 Å². The van der Waals surface area contributed by atoms with E-state index >= 15 is 0 Å². The van der Waals surface area contributed by atoms with Gasteiger partial charge in [-0.05, 0) is 22.0 Å². The highest BCUT2D eigenvalue weighted by molar-refractivity contribution is 9.10. The van der Waals surface area contributed by atoms with Crippen LogP contribution in [0, 0.1) is 18.2 Å². The Morgan fingerprint density at radius 2 is 2.15 bits per heavy atom. The number of terminal acetylenes is 1. The first-order chi connectivity index (χ1) is 5.66. The summed E-state index contributed by atoms with van der Waals surface area (Å²) in [5.74, 6) is 1.88. The Balaban J connectivity index is 0.00000144. The van der Waals surface area contributed by atoms with Crippen molar-refractivity contribution in [2.45, 2.75) is 6.04 Å². The van der Waals surface area contributed by atoms with E-state index in [1.165, 1.54) is 0 Å². The molecule has 0 heterocycles. The fourth-order valence-electron chi connectivity index (χ4n) is 0.850. The Hall–Kier alpha value is -0.560. The van der Waals surface area contributed by atoms with E-state index in [9.17, 15) is 4.39 Å². The molecule has 0 unspecified atom stereocenters. The molecule has 0 spiro atoms. The van der Waals surface area contributed by atoms with Crippen LogP contribution < -0.4 is 5.73 Å². The van der Waals surface area contributed by atoms with E-state index in [1.807, 2.05) is 0 Å². The number of nitrogens with two attached hydrogens (primary N) is 1. The van der Waals surface area contributed by atoms with Crippen LogP contribution >= 0.6 is 28.3 Å². The third kappa shape index (κ3) is 2.70. The minimum absolute atomic E-state index is 0. The highest BCUT2D eigenvalue weighted by Gasteiger charge is 2.10. The van der Waals surface area contributed by atoms with Crippen molar-refractivity contribution in [2.75, 3.05) is 0 Å². The van der Waals surface area contributed by atoms with Crippen molar-refractivity contribution in [3.63, 3.8) is 0 Å². The van der Waals surface area contributed by atoms with Gasteiger partial charge in [0.15, 0.2) is 0 Å². The fraction of sp³-hybridized carbons (Fsp3) is 0.111. The minimum Gasteiger partial charge on any atom is -0.314 e. The Labute approximate surface area is 91.1 Å². The number of hydrogen-bond donors (Lipinski definition) is 1. The van der Waals surface area contributed by atoms with Crippen LogP contribution in [0.5, 0.6) is 0 Å². The average Bonchev–Trinajstić information content (AvgIpc) is 2.08. The van der Waals surface area contributed by atoms with Crippen LogP contribution in [0.15, 0.2) is 22.7 Å². The molecule has 1 aromatic rings. The molecule has 0 aliphatic rings. The number of benzene rings is 1. The van der Waals surface area contributed by atoms with Gasteiger partial charge in [-0.25, -0.2) is 4.39 Å². The van der Waals surface area contributed by atoms with Gasteiger partial charge in [-0.15, -0.1) is 18.8 Å². The van der Waals surface area contributed by atoms with Gasteiger partial charge in [0, 0.05) is 5.56 Å². The van der Waals surface area contributed by atoms with E-state index in [0.29, 0.717) is 10.0 Å². The zero-order valence-corrected chi connectivity index (χ0v) is 9.03. The lowest BCUT2D eigenvalue weighted by Crippen LogP contribution is -2.09. The zero-order valence-electron chi connectivity index (χ0n) is 6.63. The quantitative estimate of drug-likeness (QED) is 0.776. The van der Waals surface area contributed by atoms with Crippen LogP contribution in [0.1, 0.15) is 11.6 Å². The van der Waals surface area contributed by atoms with Gasteiger partial charge in [-0.2, -0.15) is 0 Å². The lowest BCUT2D eigenvalue weighted by atomic mass is 10.1. The molecule has 0 bridgehead atoms. The van der Waals surface area contributed by atoms with Gasteiger partial charge in [0.2, 0.25) is 0 Å². The van der Waals surface area contributed by atoms with Gasteiger partial charge in [0.1, 0.15) is 5.82 Å². The summed E-state index contributed by atoms with van der Waals surface area (Å²) >= 11 is 3.04. The molecule has 0 radical (unpaired) electrons. The van der Waals surface area contributed by atoms with Crippen molar-refractivity contribution < 1.29 is 4.39 Å². The minimum atomic E-state index is -0.678. The summed E-state index contributed by atoms with van der Waals surface area (Å²) in [5, 5.41) is 0. The van der Waals surface area contributed by atoms with Crippen molar-refractivity contribution >= 4 is 28.3 Å². The van der Waals surface area contributed by atoms with E-state index in [0.717, 1.165) is 0 Å². The molecule has 0 saturated heterocycles. The second-order valence-corrected chi connectivity index (χ2v) is 3.14. The molecule has 0 amide bonds. The van der Waals surface area contributed by atoms with Crippen LogP contribution in [-0.4, -0.2) is 0 Å². The third-order valence-electron chi connectivity index (χ3n) is 1.50. The van der Waals surface area contributed by atoms with Crippen molar-refractivity contribution in [1.82, 2.24) is 0 Å². The molecule has 70 valence electrons. The lowest BCUT2D eigenvalue weighted by molar-refractivity contribution is 0.598. The first kappa shape index (κ1) is 12.4. The third-order valence-corrected chi connectivity index (χ3v) is 2.11. The molecule has 1 atom stereocenters. The van der Waals surface area contributed by atoms with Crippen molar-refractivity contribution in [3.8, 4) is 12.3 Å². The molecular weight excluding hydrogens is 256 g/mol. The van der Waals surface area contributed by atoms with Gasteiger partial charge in [-0.1, -0.05) is 18.1 Å². The summed E-state index contributed by atoms with van der Waals surface area (Å²) in [6.07, 6.45) is 5.07. The monoisotopic (exact) mass is 263 g/mol. The van der Waals surface area contributed by atoms with E-state index in [2.05, 4.69) is 21.9 Å². The maximum atomic E-state index is 13.2. The Morgan fingerprint density at radius 1 is 1.54 bits per heavy atom. The fourth-order valence-corrected chi connectivity index (χ4v) is 1.23. The summed E-state index contributed by atoms with van der Waals surface area (Å²) in [4.78, 5) is 0. The Bertz CT molecular complexity index is 335. The van der Waals surface area contributed by atoms with Crippen molar-refractivity contribution in [1.29, 1.82) is 0 Å². The highest BCUT2D eigenvalue weighted by atomic mass is 79.9. The molecule has 0 aliphatic heterocycles. The van der Waals surface area contributed by atoms with E-state index in [-0.39, 0.29) is 18.2 Å². The largest absolute Gasteiger partial charge is 0.314 e. The smallest absolute Gasteiger partial charge is 0.143 e. The van der Waals surface area contributed by atoms with Gasteiger partial charge in [-0.3, -0.25) is 0 Å². The van der Waals surface area contributed by atoms with E-state index in [4.69, 9.17) is 12.2 Å². The second kappa shape index (κ2) is 5.23. The predicted octanol–water partition coefficient (Wildman–Crippen LogP) is 2.64. The molecule has 1 aromatic carbocycles. The number of halogens is 3. The zero-order chi connectivity index (χ0) is 9.14. The summed E-state index contributed by atoms with van der Waals surface area (Å²) in [6.45, 7) is 0. The molecule has 0 saturated carbocycles. The van der Waals surface area contributed by atoms with Crippen LogP contribution in [0.3, 0.4) is 0 Å². The normalized spacial score (nSPS) is 11.2. The van der Waals surface area contributed by atoms with Crippen molar-refractivity contribution in [3.05, 3.63) is 34.1 Å². The van der Waals surface area contributed by atoms with Crippen molar-refractivity contribution in [2.24, 2.45) is 5.73 Å². The maximum absolute atomic E-state index is 13.2.